The van der Waals surface area contributed by atoms with Gasteiger partial charge in [0.05, 0.1) is 5.69 Å². The van der Waals surface area contributed by atoms with Gasteiger partial charge in [0, 0.05) is 29.6 Å². The zero-order chi connectivity index (χ0) is 23.4. The van der Waals surface area contributed by atoms with Crippen LogP contribution in [0.3, 0.4) is 0 Å². The zero-order valence-corrected chi connectivity index (χ0v) is 19.8. The number of hydrogen-bond donors (Lipinski definition) is 0. The number of ether oxygens (including phenoxy) is 1. The predicted molar refractivity (Wildman–Crippen MR) is 133 cm³/mol. The fraction of sp³-hybridized carbons (Fsp3) is 0.286. The highest BCUT2D eigenvalue weighted by molar-refractivity contribution is 5.89. The van der Waals surface area contributed by atoms with Crippen molar-refractivity contribution in [3.8, 4) is 5.69 Å². The van der Waals surface area contributed by atoms with Crippen LogP contribution in [-0.2, 0) is 14.9 Å². The van der Waals surface area contributed by atoms with Crippen LogP contribution < -0.4 is 0 Å². The van der Waals surface area contributed by atoms with Crippen LogP contribution in [0.1, 0.15) is 63.8 Å². The Morgan fingerprint density at radius 3 is 2.09 bits per heavy atom. The van der Waals surface area contributed by atoms with Crippen LogP contribution in [-0.4, -0.2) is 21.4 Å². The van der Waals surface area contributed by atoms with Gasteiger partial charge < -0.3 is 4.74 Å². The molecule has 0 amide bonds. The number of para-hydroxylation sites is 1. The van der Waals surface area contributed by atoms with E-state index in [4.69, 9.17) is 4.74 Å². The first-order valence-corrected chi connectivity index (χ1v) is 10.9. The number of carbonyl (C=O) groups is 1. The number of nitrogens with zero attached hydrogens (tertiary/aromatic N) is 2. The number of aromatic nitrogens is 2. The molecular weight excluding hydrogens is 396 g/mol. The lowest BCUT2D eigenvalue weighted by Crippen LogP contribution is -2.22. The van der Waals surface area contributed by atoms with Crippen LogP contribution in [0.15, 0.2) is 67.0 Å². The second kappa shape index (κ2) is 9.39. The number of carbonyl (C=O) groups excluding carboxylic acids is 1. The van der Waals surface area contributed by atoms with E-state index in [0.29, 0.717) is 0 Å². The molecule has 0 aliphatic heterocycles. The van der Waals surface area contributed by atoms with Gasteiger partial charge in [-0.15, -0.1) is 0 Å². The molecule has 0 unspecified atom stereocenters. The lowest BCUT2D eigenvalue weighted by Gasteiger charge is -2.18. The van der Waals surface area contributed by atoms with Crippen molar-refractivity contribution in [1.29, 1.82) is 0 Å². The SMILES string of the molecule is CC(C)(C)OC(=O)/C=C/c1cccc(/C=C/c2ccc(C(C)(C)C)cc2)c1-n1cccn1. The number of benzene rings is 2. The molecule has 3 aromatic rings. The third-order valence-corrected chi connectivity index (χ3v) is 4.87. The first-order chi connectivity index (χ1) is 15.0. The van der Waals surface area contributed by atoms with Gasteiger partial charge in [0.25, 0.3) is 0 Å². The highest BCUT2D eigenvalue weighted by atomic mass is 16.6. The molecule has 0 bridgehead atoms. The van der Waals surface area contributed by atoms with E-state index < -0.39 is 5.60 Å². The van der Waals surface area contributed by atoms with Crippen LogP contribution in [0.4, 0.5) is 0 Å². The molecule has 4 nitrogen and oxygen atoms in total. The molecule has 4 heteroatoms. The van der Waals surface area contributed by atoms with Crippen molar-refractivity contribution < 1.29 is 9.53 Å². The van der Waals surface area contributed by atoms with Crippen molar-refractivity contribution in [3.05, 3.63) is 89.3 Å². The van der Waals surface area contributed by atoms with Crippen molar-refractivity contribution in [2.75, 3.05) is 0 Å². The molecule has 2 aromatic carbocycles. The minimum Gasteiger partial charge on any atom is -0.457 e. The maximum Gasteiger partial charge on any atom is 0.331 e. The van der Waals surface area contributed by atoms with E-state index in [1.807, 2.05) is 55.9 Å². The molecule has 3 rings (SSSR count). The average Bonchev–Trinajstić information content (AvgIpc) is 3.23. The Hall–Kier alpha value is -3.40. The maximum absolute atomic E-state index is 12.2. The van der Waals surface area contributed by atoms with Gasteiger partial charge in [0.1, 0.15) is 5.60 Å². The third kappa shape index (κ3) is 6.30. The molecule has 166 valence electrons. The summed E-state index contributed by atoms with van der Waals surface area (Å²) in [7, 11) is 0. The molecule has 1 heterocycles. The van der Waals surface area contributed by atoms with Crippen LogP contribution in [0.2, 0.25) is 0 Å². The summed E-state index contributed by atoms with van der Waals surface area (Å²) in [5, 5.41) is 4.42. The minimum absolute atomic E-state index is 0.129. The van der Waals surface area contributed by atoms with Crippen LogP contribution in [0.25, 0.3) is 23.9 Å². The van der Waals surface area contributed by atoms with Crippen molar-refractivity contribution in [1.82, 2.24) is 9.78 Å². The fourth-order valence-electron chi connectivity index (χ4n) is 3.29. The Morgan fingerprint density at radius 1 is 0.875 bits per heavy atom. The highest BCUT2D eigenvalue weighted by Gasteiger charge is 2.15. The molecule has 0 aliphatic rings. The lowest BCUT2D eigenvalue weighted by atomic mass is 9.87. The average molecular weight is 429 g/mol. The van der Waals surface area contributed by atoms with Gasteiger partial charge in [-0.2, -0.15) is 5.10 Å². The van der Waals surface area contributed by atoms with Gasteiger partial charge in [-0.3, -0.25) is 0 Å². The molecule has 0 spiro atoms. The Kier molecular flexibility index (Phi) is 6.83. The first-order valence-electron chi connectivity index (χ1n) is 10.9. The quantitative estimate of drug-likeness (QED) is 0.258. The van der Waals surface area contributed by atoms with E-state index in [9.17, 15) is 4.79 Å². The first kappa shape index (κ1) is 23.3. The molecule has 32 heavy (non-hydrogen) atoms. The van der Waals surface area contributed by atoms with E-state index >= 15 is 0 Å². The van der Waals surface area contributed by atoms with E-state index in [2.05, 4.69) is 62.3 Å². The highest BCUT2D eigenvalue weighted by Crippen LogP contribution is 2.25. The van der Waals surface area contributed by atoms with Gasteiger partial charge in [0.2, 0.25) is 0 Å². The molecule has 0 fully saturated rings. The summed E-state index contributed by atoms with van der Waals surface area (Å²) in [5.74, 6) is -0.371. The summed E-state index contributed by atoms with van der Waals surface area (Å²) in [6.45, 7) is 12.2. The molecule has 0 saturated carbocycles. The summed E-state index contributed by atoms with van der Waals surface area (Å²) in [5.41, 5.74) is 4.81. The van der Waals surface area contributed by atoms with Crippen molar-refractivity contribution in [2.45, 2.75) is 52.6 Å². The maximum atomic E-state index is 12.2. The molecule has 1 aromatic heterocycles. The predicted octanol–water partition coefficient (Wildman–Crippen LogP) is 6.70. The molecule has 0 atom stereocenters. The second-order valence-corrected chi connectivity index (χ2v) is 9.81. The van der Waals surface area contributed by atoms with Gasteiger partial charge in [-0.05, 0) is 49.5 Å². The normalized spacial score (nSPS) is 12.6. The monoisotopic (exact) mass is 428 g/mol. The van der Waals surface area contributed by atoms with E-state index in [0.717, 1.165) is 22.4 Å². The number of hydrogen-bond acceptors (Lipinski definition) is 3. The summed E-state index contributed by atoms with van der Waals surface area (Å²) < 4.78 is 7.21. The molecule has 0 radical (unpaired) electrons. The fourth-order valence-corrected chi connectivity index (χ4v) is 3.29. The topological polar surface area (TPSA) is 44.1 Å². The standard InChI is InChI=1S/C28H32N2O2/c1-27(2,3)24-16-12-21(13-17-24)11-14-22-9-7-10-23(26(22)30-20-8-19-29-30)15-18-25(31)32-28(4,5)6/h7-20H,1-6H3/b14-11+,18-15+. The summed E-state index contributed by atoms with van der Waals surface area (Å²) in [4.78, 5) is 12.2. The molecule has 0 aliphatic carbocycles. The van der Waals surface area contributed by atoms with Crippen LogP contribution in [0, 0.1) is 0 Å². The smallest absolute Gasteiger partial charge is 0.331 e. The molecular formula is C28H32N2O2. The van der Waals surface area contributed by atoms with Gasteiger partial charge in [-0.1, -0.05) is 75.4 Å². The van der Waals surface area contributed by atoms with E-state index in [1.165, 1.54) is 11.6 Å². The number of esters is 1. The minimum atomic E-state index is -0.528. The van der Waals surface area contributed by atoms with Gasteiger partial charge in [-0.25, -0.2) is 9.48 Å². The van der Waals surface area contributed by atoms with Crippen LogP contribution in [0.5, 0.6) is 0 Å². The Labute approximate surface area is 191 Å². The van der Waals surface area contributed by atoms with Crippen molar-refractivity contribution >= 4 is 24.2 Å². The summed E-state index contributed by atoms with van der Waals surface area (Å²) >= 11 is 0. The van der Waals surface area contributed by atoms with Gasteiger partial charge in [0.15, 0.2) is 0 Å². The summed E-state index contributed by atoms with van der Waals surface area (Å²) in [6.07, 6.45) is 11.1. The van der Waals surface area contributed by atoms with Crippen molar-refractivity contribution in [3.63, 3.8) is 0 Å². The molecule has 0 N–H and O–H groups in total. The summed E-state index contributed by atoms with van der Waals surface area (Å²) in [6, 6.07) is 16.5. The zero-order valence-electron chi connectivity index (χ0n) is 19.8. The lowest BCUT2D eigenvalue weighted by molar-refractivity contribution is -0.148. The van der Waals surface area contributed by atoms with Crippen molar-refractivity contribution in [2.24, 2.45) is 0 Å². The Bertz CT molecular complexity index is 1110. The Balaban J connectivity index is 1.94. The molecule has 0 saturated heterocycles. The largest absolute Gasteiger partial charge is 0.457 e. The van der Waals surface area contributed by atoms with Gasteiger partial charge >= 0.3 is 5.97 Å². The second-order valence-electron chi connectivity index (χ2n) is 9.81. The van der Waals surface area contributed by atoms with E-state index in [-0.39, 0.29) is 11.4 Å². The number of rotatable bonds is 5. The third-order valence-electron chi connectivity index (χ3n) is 4.87. The Morgan fingerprint density at radius 2 is 1.53 bits per heavy atom. The van der Waals surface area contributed by atoms with E-state index in [1.54, 1.807) is 12.3 Å². The van der Waals surface area contributed by atoms with Crippen LogP contribution >= 0.6 is 0 Å².